The highest BCUT2D eigenvalue weighted by molar-refractivity contribution is 5.76. The van der Waals surface area contributed by atoms with Crippen LogP contribution in [0.15, 0.2) is 12.3 Å². The van der Waals surface area contributed by atoms with E-state index in [9.17, 15) is 17.6 Å². The summed E-state index contributed by atoms with van der Waals surface area (Å²) in [6, 6.07) is 0.939. The zero-order valence-electron chi connectivity index (χ0n) is 9.87. The Morgan fingerprint density at radius 3 is 2.25 bits per heavy atom. The molecule has 0 fully saturated rings. The number of nitrogen functional groups attached to an aromatic ring is 3. The number of anilines is 3. The molecule has 6 N–H and O–H groups in total. The predicted molar refractivity (Wildman–Crippen MR) is 65.6 cm³/mol. The van der Waals surface area contributed by atoms with Crippen molar-refractivity contribution in [2.45, 2.75) is 6.43 Å². The van der Waals surface area contributed by atoms with E-state index in [1.165, 1.54) is 0 Å². The van der Waals surface area contributed by atoms with Gasteiger partial charge < -0.3 is 17.2 Å². The molecule has 0 aliphatic carbocycles. The number of nitrogens with two attached hydrogens (primary N) is 3. The van der Waals surface area contributed by atoms with Gasteiger partial charge in [-0.1, -0.05) is 0 Å². The van der Waals surface area contributed by atoms with Gasteiger partial charge in [0.15, 0.2) is 11.6 Å². The number of benzene rings is 1. The summed E-state index contributed by atoms with van der Waals surface area (Å²) >= 11 is 0. The van der Waals surface area contributed by atoms with Gasteiger partial charge in [-0.25, -0.2) is 27.5 Å². The Balaban J connectivity index is 2.75. The van der Waals surface area contributed by atoms with Crippen LogP contribution in [0.5, 0.6) is 0 Å². The number of aromatic nitrogens is 2. The van der Waals surface area contributed by atoms with Crippen LogP contribution in [0.4, 0.5) is 34.9 Å². The minimum Gasteiger partial charge on any atom is -0.397 e. The number of rotatable bonds is 2. The molecule has 1 heterocycles. The SMILES string of the molecule is Nc1ncc(-c2cc(N)c(N)c(F)c2F)c(C(F)F)n1. The molecular formula is C11H9F4N5. The first-order valence-corrected chi connectivity index (χ1v) is 5.26. The third-order valence-corrected chi connectivity index (χ3v) is 2.61. The average Bonchev–Trinajstić information content (AvgIpc) is 2.40. The van der Waals surface area contributed by atoms with Crippen molar-refractivity contribution < 1.29 is 17.6 Å². The molecule has 0 amide bonds. The van der Waals surface area contributed by atoms with Gasteiger partial charge in [-0.3, -0.25) is 0 Å². The molecule has 5 nitrogen and oxygen atoms in total. The van der Waals surface area contributed by atoms with Crippen LogP contribution in [0.3, 0.4) is 0 Å². The molecule has 0 radical (unpaired) electrons. The molecule has 2 rings (SSSR count). The van der Waals surface area contributed by atoms with Gasteiger partial charge in [-0.15, -0.1) is 0 Å². The fourth-order valence-electron chi connectivity index (χ4n) is 1.64. The minimum atomic E-state index is -3.04. The highest BCUT2D eigenvalue weighted by atomic mass is 19.3. The lowest BCUT2D eigenvalue weighted by Gasteiger charge is -2.12. The summed E-state index contributed by atoms with van der Waals surface area (Å²) in [5.41, 5.74) is 13.2. The van der Waals surface area contributed by atoms with Crippen LogP contribution in [0.1, 0.15) is 12.1 Å². The molecule has 20 heavy (non-hydrogen) atoms. The van der Waals surface area contributed by atoms with Crippen LogP contribution in [0.25, 0.3) is 11.1 Å². The molecule has 0 atom stereocenters. The van der Waals surface area contributed by atoms with Crippen molar-refractivity contribution in [3.05, 3.63) is 29.6 Å². The van der Waals surface area contributed by atoms with Crippen LogP contribution in [0, 0.1) is 11.6 Å². The molecule has 2 aromatic rings. The van der Waals surface area contributed by atoms with Crippen molar-refractivity contribution in [1.29, 1.82) is 0 Å². The third kappa shape index (κ3) is 2.17. The topological polar surface area (TPSA) is 104 Å². The first-order chi connectivity index (χ1) is 9.32. The quantitative estimate of drug-likeness (QED) is 0.579. The van der Waals surface area contributed by atoms with Gasteiger partial charge in [0, 0.05) is 17.3 Å². The second-order valence-corrected chi connectivity index (χ2v) is 3.88. The molecule has 0 saturated heterocycles. The van der Waals surface area contributed by atoms with Gasteiger partial charge in [0.25, 0.3) is 6.43 Å². The molecule has 1 aromatic heterocycles. The highest BCUT2D eigenvalue weighted by Crippen LogP contribution is 2.35. The molecular weight excluding hydrogens is 278 g/mol. The molecule has 0 aliphatic rings. The summed E-state index contributed by atoms with van der Waals surface area (Å²) in [5, 5.41) is 0. The first kappa shape index (κ1) is 13.8. The van der Waals surface area contributed by atoms with Gasteiger partial charge >= 0.3 is 0 Å². The smallest absolute Gasteiger partial charge is 0.281 e. The van der Waals surface area contributed by atoms with Crippen molar-refractivity contribution in [3.8, 4) is 11.1 Å². The predicted octanol–water partition coefficient (Wildman–Crippen LogP) is 2.11. The fourth-order valence-corrected chi connectivity index (χ4v) is 1.64. The summed E-state index contributed by atoms with van der Waals surface area (Å²) in [4.78, 5) is 6.82. The zero-order valence-corrected chi connectivity index (χ0v) is 9.87. The van der Waals surface area contributed by atoms with Crippen LogP contribution in [0.2, 0.25) is 0 Å². The molecule has 0 spiro atoms. The Labute approximate surface area is 110 Å². The number of halogens is 4. The van der Waals surface area contributed by atoms with E-state index in [0.717, 1.165) is 12.3 Å². The van der Waals surface area contributed by atoms with E-state index >= 15 is 0 Å². The zero-order chi connectivity index (χ0) is 15.0. The van der Waals surface area contributed by atoms with Crippen LogP contribution < -0.4 is 17.2 Å². The highest BCUT2D eigenvalue weighted by Gasteiger charge is 2.23. The molecule has 0 unspecified atom stereocenters. The largest absolute Gasteiger partial charge is 0.397 e. The lowest BCUT2D eigenvalue weighted by atomic mass is 10.0. The van der Waals surface area contributed by atoms with Crippen molar-refractivity contribution in [2.75, 3.05) is 17.2 Å². The van der Waals surface area contributed by atoms with E-state index in [0.29, 0.717) is 0 Å². The third-order valence-electron chi connectivity index (χ3n) is 2.61. The van der Waals surface area contributed by atoms with Gasteiger partial charge in [-0.2, -0.15) is 0 Å². The molecule has 0 bridgehead atoms. The Morgan fingerprint density at radius 2 is 1.65 bits per heavy atom. The summed E-state index contributed by atoms with van der Waals surface area (Å²) in [6.07, 6.45) is -2.17. The lowest BCUT2D eigenvalue weighted by Crippen LogP contribution is -2.06. The van der Waals surface area contributed by atoms with Crippen molar-refractivity contribution >= 4 is 17.3 Å². The number of hydrogen-bond acceptors (Lipinski definition) is 5. The van der Waals surface area contributed by atoms with Gasteiger partial charge in [0.2, 0.25) is 5.95 Å². The normalized spacial score (nSPS) is 11.1. The molecule has 1 aromatic carbocycles. The van der Waals surface area contributed by atoms with E-state index < -0.39 is 46.5 Å². The second-order valence-electron chi connectivity index (χ2n) is 3.88. The maximum absolute atomic E-state index is 13.8. The average molecular weight is 287 g/mol. The van der Waals surface area contributed by atoms with Crippen LogP contribution >= 0.6 is 0 Å². The van der Waals surface area contributed by atoms with Gasteiger partial charge in [-0.05, 0) is 6.07 Å². The van der Waals surface area contributed by atoms with E-state index in [4.69, 9.17) is 17.2 Å². The maximum Gasteiger partial charge on any atom is 0.281 e. The monoisotopic (exact) mass is 287 g/mol. The number of alkyl halides is 2. The maximum atomic E-state index is 13.8. The lowest BCUT2D eigenvalue weighted by molar-refractivity contribution is 0.147. The van der Waals surface area contributed by atoms with E-state index in [-0.39, 0.29) is 5.69 Å². The molecule has 0 aliphatic heterocycles. The number of nitrogens with zero attached hydrogens (tertiary/aromatic N) is 2. The van der Waals surface area contributed by atoms with Crippen LogP contribution in [-0.4, -0.2) is 9.97 Å². The Hall–Kier alpha value is -2.58. The van der Waals surface area contributed by atoms with Crippen LogP contribution in [-0.2, 0) is 0 Å². The summed E-state index contributed by atoms with van der Waals surface area (Å²) in [5.74, 6) is -3.24. The second kappa shape index (κ2) is 4.83. The standard InChI is InChI=1S/C11H9F4N5/c12-6-3(1-5(16)8(17)7(6)13)4-2-19-11(18)20-9(4)10(14)15/h1-2,10H,16-17H2,(H2,18,19,20). The van der Waals surface area contributed by atoms with Crippen molar-refractivity contribution in [3.63, 3.8) is 0 Å². The molecule has 106 valence electrons. The summed E-state index contributed by atoms with van der Waals surface area (Å²) in [6.45, 7) is 0. The Bertz CT molecular complexity index is 674. The molecule has 9 heteroatoms. The molecule has 0 saturated carbocycles. The minimum absolute atomic E-state index is 0.282. The van der Waals surface area contributed by atoms with E-state index in [1.54, 1.807) is 0 Å². The van der Waals surface area contributed by atoms with E-state index in [1.807, 2.05) is 0 Å². The van der Waals surface area contributed by atoms with Crippen molar-refractivity contribution in [2.24, 2.45) is 0 Å². The Morgan fingerprint density at radius 1 is 1.00 bits per heavy atom. The van der Waals surface area contributed by atoms with Gasteiger partial charge in [0.05, 0.1) is 11.4 Å². The Kier molecular flexibility index (Phi) is 3.35. The van der Waals surface area contributed by atoms with E-state index in [2.05, 4.69) is 9.97 Å². The van der Waals surface area contributed by atoms with Crippen molar-refractivity contribution in [1.82, 2.24) is 9.97 Å². The first-order valence-electron chi connectivity index (χ1n) is 5.26. The fraction of sp³-hybridized carbons (Fsp3) is 0.0909. The van der Waals surface area contributed by atoms with Gasteiger partial charge in [0.1, 0.15) is 5.69 Å². The number of hydrogen-bond donors (Lipinski definition) is 3. The summed E-state index contributed by atoms with van der Waals surface area (Å²) < 4.78 is 53.1. The summed E-state index contributed by atoms with van der Waals surface area (Å²) in [7, 11) is 0.